The topological polar surface area (TPSA) is 88.7 Å². The Balaban J connectivity index is 1.86. The molecule has 2 rings (SSSR count). The van der Waals surface area contributed by atoms with Gasteiger partial charge in [-0.3, -0.25) is 0 Å². The lowest BCUT2D eigenvalue weighted by Gasteiger charge is -2.19. The number of carboxylic acids is 1. The summed E-state index contributed by atoms with van der Waals surface area (Å²) in [6.45, 7) is 2.12. The smallest absolute Gasteiger partial charge is 0.337 e. The fourth-order valence-corrected chi connectivity index (χ4v) is 1.75. The second kappa shape index (κ2) is 5.88. The first-order chi connectivity index (χ1) is 9.08. The predicted octanol–water partition coefficient (Wildman–Crippen LogP) is 1.22. The lowest BCUT2D eigenvalue weighted by atomic mass is 10.2. The summed E-state index contributed by atoms with van der Waals surface area (Å²) in [5.41, 5.74) is 6.28. The van der Waals surface area contributed by atoms with Crippen molar-refractivity contribution in [3.05, 3.63) is 17.8 Å². The molecule has 1 aromatic heterocycles. The van der Waals surface area contributed by atoms with Crippen molar-refractivity contribution < 1.29 is 14.6 Å². The maximum absolute atomic E-state index is 10.8. The van der Waals surface area contributed by atoms with Crippen molar-refractivity contribution in [1.82, 2.24) is 4.98 Å². The fourth-order valence-electron chi connectivity index (χ4n) is 1.75. The summed E-state index contributed by atoms with van der Waals surface area (Å²) in [6.07, 6.45) is 3.87. The zero-order valence-electron chi connectivity index (χ0n) is 11.0. The molecule has 0 atom stereocenters. The molecule has 1 fully saturated rings. The highest BCUT2D eigenvalue weighted by Gasteiger charge is 2.21. The number of nitrogen functional groups attached to an aromatic ring is 1. The quantitative estimate of drug-likeness (QED) is 0.721. The Bertz CT molecular complexity index is 460. The molecule has 0 bridgehead atoms. The molecule has 0 radical (unpaired) electrons. The van der Waals surface area contributed by atoms with Crippen molar-refractivity contribution in [1.29, 1.82) is 0 Å². The Labute approximate surface area is 112 Å². The van der Waals surface area contributed by atoms with E-state index in [2.05, 4.69) is 4.98 Å². The number of nitrogens with two attached hydrogens (primary N) is 1. The molecule has 0 aromatic carbocycles. The van der Waals surface area contributed by atoms with Crippen LogP contribution in [0.4, 0.5) is 11.5 Å². The first kappa shape index (κ1) is 13.6. The van der Waals surface area contributed by atoms with Gasteiger partial charge in [-0.05, 0) is 24.8 Å². The highest BCUT2D eigenvalue weighted by Crippen LogP contribution is 2.28. The van der Waals surface area contributed by atoms with E-state index in [1.807, 2.05) is 11.9 Å². The molecule has 6 heteroatoms. The number of anilines is 2. The molecule has 0 aliphatic heterocycles. The molecule has 1 aliphatic carbocycles. The predicted molar refractivity (Wildman–Crippen MR) is 72.4 cm³/mol. The third-order valence-electron chi connectivity index (χ3n) is 3.13. The summed E-state index contributed by atoms with van der Waals surface area (Å²) in [5.74, 6) is 0.310. The number of aromatic carboxylic acids is 1. The third-order valence-corrected chi connectivity index (χ3v) is 3.13. The van der Waals surface area contributed by atoms with Gasteiger partial charge < -0.3 is 20.5 Å². The van der Waals surface area contributed by atoms with Crippen LogP contribution in [0.2, 0.25) is 0 Å². The van der Waals surface area contributed by atoms with Crippen LogP contribution >= 0.6 is 0 Å². The molecule has 19 heavy (non-hydrogen) atoms. The van der Waals surface area contributed by atoms with Crippen molar-refractivity contribution in [2.75, 3.05) is 37.4 Å². The molecule has 0 unspecified atom stereocenters. The zero-order valence-corrected chi connectivity index (χ0v) is 11.0. The van der Waals surface area contributed by atoms with Crippen LogP contribution in [0.3, 0.4) is 0 Å². The summed E-state index contributed by atoms with van der Waals surface area (Å²) in [4.78, 5) is 16.7. The van der Waals surface area contributed by atoms with Crippen LogP contribution in [-0.2, 0) is 4.74 Å². The van der Waals surface area contributed by atoms with Crippen molar-refractivity contribution >= 4 is 17.5 Å². The van der Waals surface area contributed by atoms with Crippen LogP contribution < -0.4 is 10.6 Å². The van der Waals surface area contributed by atoms with Gasteiger partial charge in [0, 0.05) is 26.4 Å². The Morgan fingerprint density at radius 1 is 1.63 bits per heavy atom. The van der Waals surface area contributed by atoms with E-state index in [-0.39, 0.29) is 5.56 Å². The highest BCUT2D eigenvalue weighted by atomic mass is 16.5. The number of carboxylic acid groups (broad SMARTS) is 1. The van der Waals surface area contributed by atoms with Gasteiger partial charge in [0.1, 0.15) is 0 Å². The molecular weight excluding hydrogens is 246 g/mol. The molecule has 0 spiro atoms. The van der Waals surface area contributed by atoms with Crippen molar-refractivity contribution in [2.45, 2.75) is 12.8 Å². The lowest BCUT2D eigenvalue weighted by molar-refractivity contribution is 0.0696. The number of hydrogen-bond donors (Lipinski definition) is 2. The van der Waals surface area contributed by atoms with E-state index in [4.69, 9.17) is 15.6 Å². The van der Waals surface area contributed by atoms with E-state index in [1.54, 1.807) is 0 Å². The Morgan fingerprint density at radius 2 is 2.37 bits per heavy atom. The highest BCUT2D eigenvalue weighted by molar-refractivity contribution is 5.89. The summed E-state index contributed by atoms with van der Waals surface area (Å²) in [5, 5.41) is 8.84. The normalized spacial score (nSPS) is 14.4. The zero-order chi connectivity index (χ0) is 13.8. The number of pyridine rings is 1. The minimum absolute atomic E-state index is 0.0969. The Hall–Kier alpha value is -1.82. The Kier molecular flexibility index (Phi) is 4.21. The van der Waals surface area contributed by atoms with E-state index < -0.39 is 5.97 Å². The molecule has 6 nitrogen and oxygen atoms in total. The molecule has 1 aromatic rings. The lowest BCUT2D eigenvalue weighted by Crippen LogP contribution is -2.25. The van der Waals surface area contributed by atoms with Gasteiger partial charge in [0.25, 0.3) is 0 Å². The number of ether oxygens (including phenoxy) is 1. The fraction of sp³-hybridized carbons (Fsp3) is 0.538. The number of aromatic nitrogens is 1. The maximum Gasteiger partial charge on any atom is 0.337 e. The second-order valence-electron chi connectivity index (χ2n) is 4.88. The largest absolute Gasteiger partial charge is 0.478 e. The van der Waals surface area contributed by atoms with Crippen LogP contribution in [0.1, 0.15) is 23.2 Å². The van der Waals surface area contributed by atoms with Gasteiger partial charge >= 0.3 is 5.97 Å². The summed E-state index contributed by atoms with van der Waals surface area (Å²) in [6, 6.07) is 1.42. The summed E-state index contributed by atoms with van der Waals surface area (Å²) >= 11 is 0. The maximum atomic E-state index is 10.8. The first-order valence-corrected chi connectivity index (χ1v) is 6.35. The van der Waals surface area contributed by atoms with Crippen LogP contribution in [0, 0.1) is 5.92 Å². The Morgan fingerprint density at radius 3 is 2.95 bits per heavy atom. The number of rotatable bonds is 7. The second-order valence-corrected chi connectivity index (χ2v) is 4.88. The SMILES string of the molecule is CN(CCOCC1CC1)c1ncc(C(=O)O)cc1N. The van der Waals surface area contributed by atoms with Gasteiger partial charge in [-0.25, -0.2) is 9.78 Å². The number of likely N-dealkylation sites (N-methyl/N-ethyl adjacent to an activating group) is 1. The van der Waals surface area contributed by atoms with Crippen molar-refractivity contribution in [3.8, 4) is 0 Å². The minimum atomic E-state index is -1.03. The monoisotopic (exact) mass is 265 g/mol. The van der Waals surface area contributed by atoms with Crippen LogP contribution in [0.5, 0.6) is 0 Å². The third kappa shape index (κ3) is 3.82. The molecule has 104 valence electrons. The molecule has 0 amide bonds. The summed E-state index contributed by atoms with van der Waals surface area (Å²) < 4.78 is 5.55. The van der Waals surface area contributed by atoms with Gasteiger partial charge in [-0.2, -0.15) is 0 Å². The average Bonchev–Trinajstić information content (AvgIpc) is 3.18. The van der Waals surface area contributed by atoms with Crippen LogP contribution in [0.25, 0.3) is 0 Å². The number of nitrogens with zero attached hydrogens (tertiary/aromatic N) is 2. The number of carbonyl (C=O) groups is 1. The molecule has 3 N–H and O–H groups in total. The van der Waals surface area contributed by atoms with E-state index in [0.717, 1.165) is 12.5 Å². The van der Waals surface area contributed by atoms with E-state index in [0.29, 0.717) is 24.7 Å². The minimum Gasteiger partial charge on any atom is -0.478 e. The van der Waals surface area contributed by atoms with Crippen molar-refractivity contribution in [3.63, 3.8) is 0 Å². The van der Waals surface area contributed by atoms with Gasteiger partial charge in [-0.1, -0.05) is 0 Å². The van der Waals surface area contributed by atoms with Gasteiger partial charge in [0.15, 0.2) is 5.82 Å². The first-order valence-electron chi connectivity index (χ1n) is 6.35. The van der Waals surface area contributed by atoms with Gasteiger partial charge in [0.2, 0.25) is 0 Å². The van der Waals surface area contributed by atoms with Crippen LogP contribution in [-0.4, -0.2) is 42.9 Å². The standard InChI is InChI=1S/C13H19N3O3/c1-16(4-5-19-8-9-2-3-9)12-11(14)6-10(7-15-12)13(17)18/h6-7,9H,2-5,8,14H2,1H3,(H,17,18). The average molecular weight is 265 g/mol. The van der Waals surface area contributed by atoms with E-state index in [1.165, 1.54) is 25.1 Å². The molecule has 1 aliphatic rings. The molecular formula is C13H19N3O3. The van der Waals surface area contributed by atoms with Gasteiger partial charge in [-0.15, -0.1) is 0 Å². The van der Waals surface area contributed by atoms with E-state index >= 15 is 0 Å². The van der Waals surface area contributed by atoms with Gasteiger partial charge in [0.05, 0.1) is 17.9 Å². The van der Waals surface area contributed by atoms with E-state index in [9.17, 15) is 4.79 Å². The van der Waals surface area contributed by atoms with Crippen molar-refractivity contribution in [2.24, 2.45) is 5.92 Å². The summed E-state index contributed by atoms with van der Waals surface area (Å²) in [7, 11) is 1.86. The van der Waals surface area contributed by atoms with Crippen LogP contribution in [0.15, 0.2) is 12.3 Å². The molecule has 0 saturated heterocycles. The molecule has 1 heterocycles. The number of hydrogen-bond acceptors (Lipinski definition) is 5. The molecule has 1 saturated carbocycles.